The van der Waals surface area contributed by atoms with E-state index in [1.165, 1.54) is 0 Å². The lowest BCUT2D eigenvalue weighted by Gasteiger charge is -2.11. The molecule has 0 saturated heterocycles. The lowest BCUT2D eigenvalue weighted by atomic mass is 10.2. The number of hydrogen-bond donors (Lipinski definition) is 1. The van der Waals surface area contributed by atoms with Crippen LogP contribution in [0.2, 0.25) is 0 Å². The fourth-order valence-corrected chi connectivity index (χ4v) is 3.32. The molecular weight excluding hydrogens is 415 g/mol. The number of hydrogen-bond acceptors (Lipinski definition) is 2. The van der Waals surface area contributed by atoms with Crippen molar-refractivity contribution in [2.24, 2.45) is 0 Å². The lowest BCUT2D eigenvalue weighted by molar-refractivity contribution is -0.135. The lowest BCUT2D eigenvalue weighted by Crippen LogP contribution is -2.16. The molecule has 0 amide bonds. The normalized spacial score (nSPS) is 11.7. The zero-order valence-corrected chi connectivity index (χ0v) is 14.9. The van der Waals surface area contributed by atoms with Crippen molar-refractivity contribution in [3.63, 3.8) is 0 Å². The summed E-state index contributed by atoms with van der Waals surface area (Å²) in [5.74, 6) is 0.756. The minimum absolute atomic E-state index is 0.160. The van der Waals surface area contributed by atoms with Gasteiger partial charge in [-0.05, 0) is 75.9 Å². The molecular formula is C14H18Br2F3NO. The maximum atomic E-state index is 12.0. The molecule has 0 aliphatic carbocycles. The van der Waals surface area contributed by atoms with Gasteiger partial charge in [-0.1, -0.05) is 0 Å². The van der Waals surface area contributed by atoms with Gasteiger partial charge in [0.2, 0.25) is 0 Å². The second kappa shape index (κ2) is 9.00. The summed E-state index contributed by atoms with van der Waals surface area (Å²) in [6.07, 6.45) is -4.09. The Bertz CT molecular complexity index is 429. The molecule has 0 aromatic heterocycles. The van der Waals surface area contributed by atoms with E-state index in [-0.39, 0.29) is 6.42 Å². The highest BCUT2D eigenvalue weighted by Crippen LogP contribution is 2.34. The second-order valence-electron chi connectivity index (χ2n) is 4.57. The molecule has 0 fully saturated rings. The average molecular weight is 433 g/mol. The third-order valence-corrected chi connectivity index (χ3v) is 3.92. The Morgan fingerprint density at radius 1 is 1.14 bits per heavy atom. The molecule has 0 unspecified atom stereocenters. The SMILES string of the molecule is CCOc1c(Br)cc(CNCCCCC(F)(F)F)cc1Br. The van der Waals surface area contributed by atoms with E-state index in [4.69, 9.17) is 4.74 Å². The van der Waals surface area contributed by atoms with Crippen LogP contribution < -0.4 is 10.1 Å². The number of alkyl halides is 3. The number of unbranched alkanes of at least 4 members (excludes halogenated alkanes) is 1. The summed E-state index contributed by atoms with van der Waals surface area (Å²) in [5, 5.41) is 3.14. The van der Waals surface area contributed by atoms with E-state index in [1.807, 2.05) is 19.1 Å². The van der Waals surface area contributed by atoms with Crippen molar-refractivity contribution in [1.29, 1.82) is 0 Å². The zero-order chi connectivity index (χ0) is 15.9. The molecule has 0 heterocycles. The molecule has 1 aromatic rings. The van der Waals surface area contributed by atoms with Crippen LogP contribution in [0.1, 0.15) is 31.7 Å². The van der Waals surface area contributed by atoms with Crippen molar-refractivity contribution in [1.82, 2.24) is 5.32 Å². The molecule has 0 aliphatic heterocycles. The highest BCUT2D eigenvalue weighted by Gasteiger charge is 2.25. The number of ether oxygens (including phenoxy) is 1. The van der Waals surface area contributed by atoms with Crippen LogP contribution in [0.25, 0.3) is 0 Å². The van der Waals surface area contributed by atoms with E-state index >= 15 is 0 Å². The van der Waals surface area contributed by atoms with Gasteiger partial charge in [0.05, 0.1) is 15.6 Å². The van der Waals surface area contributed by atoms with Crippen LogP contribution in [0.5, 0.6) is 5.75 Å². The quantitative estimate of drug-likeness (QED) is 0.553. The predicted octanol–water partition coefficient (Wildman–Crippen LogP) is 5.43. The van der Waals surface area contributed by atoms with E-state index in [1.54, 1.807) is 0 Å². The number of rotatable bonds is 8. The topological polar surface area (TPSA) is 21.3 Å². The van der Waals surface area contributed by atoms with Crippen LogP contribution in [0.4, 0.5) is 13.2 Å². The Balaban J connectivity index is 2.36. The summed E-state index contributed by atoms with van der Waals surface area (Å²) in [4.78, 5) is 0. The van der Waals surface area contributed by atoms with Crippen LogP contribution >= 0.6 is 31.9 Å². The number of nitrogens with one attached hydrogen (secondary N) is 1. The monoisotopic (exact) mass is 431 g/mol. The maximum absolute atomic E-state index is 12.0. The van der Waals surface area contributed by atoms with Gasteiger partial charge in [0.1, 0.15) is 5.75 Å². The van der Waals surface area contributed by atoms with Gasteiger partial charge in [-0.3, -0.25) is 0 Å². The van der Waals surface area contributed by atoms with Crippen LogP contribution in [0.3, 0.4) is 0 Å². The van der Waals surface area contributed by atoms with Gasteiger partial charge in [0, 0.05) is 13.0 Å². The molecule has 1 rings (SSSR count). The first-order valence-electron chi connectivity index (χ1n) is 6.71. The van der Waals surface area contributed by atoms with E-state index in [9.17, 15) is 13.2 Å². The second-order valence-corrected chi connectivity index (χ2v) is 6.28. The predicted molar refractivity (Wildman–Crippen MR) is 84.6 cm³/mol. The Kier molecular flexibility index (Phi) is 8.05. The van der Waals surface area contributed by atoms with Gasteiger partial charge in [-0.2, -0.15) is 13.2 Å². The summed E-state index contributed by atoms with van der Waals surface area (Å²) in [7, 11) is 0. The molecule has 21 heavy (non-hydrogen) atoms. The Labute approximate surface area is 139 Å². The molecule has 0 spiro atoms. The highest BCUT2D eigenvalue weighted by molar-refractivity contribution is 9.11. The van der Waals surface area contributed by atoms with Crippen molar-refractivity contribution >= 4 is 31.9 Å². The molecule has 0 bridgehead atoms. The summed E-state index contributed by atoms with van der Waals surface area (Å²) in [5.41, 5.74) is 1.04. The molecule has 0 radical (unpaired) electrons. The van der Waals surface area contributed by atoms with E-state index in [0.29, 0.717) is 26.1 Å². The summed E-state index contributed by atoms with van der Waals surface area (Å²) < 4.78 is 43.1. The molecule has 0 atom stereocenters. The third kappa shape index (κ3) is 7.51. The van der Waals surface area contributed by atoms with Crippen molar-refractivity contribution in [2.75, 3.05) is 13.2 Å². The first-order chi connectivity index (χ1) is 9.83. The van der Waals surface area contributed by atoms with E-state index < -0.39 is 12.6 Å². The van der Waals surface area contributed by atoms with E-state index in [0.717, 1.165) is 20.3 Å². The summed E-state index contributed by atoms with van der Waals surface area (Å²) in [6.45, 7) is 3.66. The van der Waals surface area contributed by atoms with Gasteiger partial charge >= 0.3 is 6.18 Å². The smallest absolute Gasteiger partial charge is 0.389 e. The molecule has 7 heteroatoms. The molecule has 0 saturated carbocycles. The number of halogens is 5. The minimum Gasteiger partial charge on any atom is -0.492 e. The van der Waals surface area contributed by atoms with Gasteiger partial charge < -0.3 is 10.1 Å². The molecule has 2 nitrogen and oxygen atoms in total. The first kappa shape index (κ1) is 18.8. The molecule has 1 aromatic carbocycles. The summed E-state index contributed by atoms with van der Waals surface area (Å²) >= 11 is 6.89. The Hall–Kier alpha value is -0.270. The summed E-state index contributed by atoms with van der Waals surface area (Å²) in [6, 6.07) is 3.89. The standard InChI is InChI=1S/C14H18Br2F3NO/c1-2-21-13-11(15)7-10(8-12(13)16)9-20-6-4-3-5-14(17,18)19/h7-8,20H,2-6,9H2,1H3. The minimum atomic E-state index is -4.05. The largest absolute Gasteiger partial charge is 0.492 e. The van der Waals surface area contributed by atoms with Crippen molar-refractivity contribution in [3.8, 4) is 5.75 Å². The zero-order valence-electron chi connectivity index (χ0n) is 11.7. The van der Waals surface area contributed by atoms with Crippen LogP contribution in [-0.4, -0.2) is 19.3 Å². The van der Waals surface area contributed by atoms with Gasteiger partial charge in [0.25, 0.3) is 0 Å². The highest BCUT2D eigenvalue weighted by atomic mass is 79.9. The molecule has 0 aliphatic rings. The molecule has 120 valence electrons. The average Bonchev–Trinajstić information content (AvgIpc) is 2.37. The number of benzene rings is 1. The van der Waals surface area contributed by atoms with Crippen molar-refractivity contribution < 1.29 is 17.9 Å². The maximum Gasteiger partial charge on any atom is 0.389 e. The fraction of sp³-hybridized carbons (Fsp3) is 0.571. The van der Waals surface area contributed by atoms with Crippen molar-refractivity contribution in [2.45, 2.75) is 38.9 Å². The van der Waals surface area contributed by atoms with Gasteiger partial charge in [0.15, 0.2) is 0 Å². The van der Waals surface area contributed by atoms with Crippen LogP contribution in [-0.2, 0) is 6.54 Å². The van der Waals surface area contributed by atoms with Gasteiger partial charge in [-0.15, -0.1) is 0 Å². The third-order valence-electron chi connectivity index (χ3n) is 2.74. The Morgan fingerprint density at radius 3 is 2.29 bits per heavy atom. The van der Waals surface area contributed by atoms with Crippen LogP contribution in [0.15, 0.2) is 21.1 Å². The van der Waals surface area contributed by atoms with Crippen molar-refractivity contribution in [3.05, 3.63) is 26.6 Å². The Morgan fingerprint density at radius 2 is 1.76 bits per heavy atom. The van der Waals surface area contributed by atoms with Crippen LogP contribution in [0, 0.1) is 0 Å². The molecule has 1 N–H and O–H groups in total. The first-order valence-corrected chi connectivity index (χ1v) is 8.30. The van der Waals surface area contributed by atoms with E-state index in [2.05, 4.69) is 37.2 Å². The van der Waals surface area contributed by atoms with Gasteiger partial charge in [-0.25, -0.2) is 0 Å². The fourth-order valence-electron chi connectivity index (χ4n) is 1.80.